The second-order valence-corrected chi connectivity index (χ2v) is 8.68. The number of hydrogen-bond donors (Lipinski definition) is 1. The number of likely N-dealkylation sites (tertiary alicyclic amines) is 1. The number of carbonyl (C=O) groups excluding carboxylic acids is 2. The standard InChI is InChI=1S/C24H27BrN2O6/c1-26(2)10-11-27-20(15-12-17(31-3)23(33-5)18(13-15)32-4)19(22(29)24(27)30)21(28)14-6-8-16(25)9-7-14/h6-9,12-13,20,28H,10-11H2,1-5H3/b21-19-. The van der Waals surface area contributed by atoms with E-state index in [-0.39, 0.29) is 17.9 Å². The number of benzene rings is 2. The van der Waals surface area contributed by atoms with Crippen molar-refractivity contribution in [3.05, 3.63) is 57.6 Å². The Morgan fingerprint density at radius 1 is 1.03 bits per heavy atom. The third-order valence-corrected chi connectivity index (χ3v) is 5.98. The largest absolute Gasteiger partial charge is 0.507 e. The molecule has 9 heteroatoms. The van der Waals surface area contributed by atoms with Gasteiger partial charge in [-0.3, -0.25) is 9.59 Å². The van der Waals surface area contributed by atoms with Gasteiger partial charge in [0, 0.05) is 23.1 Å². The maximum atomic E-state index is 13.1. The summed E-state index contributed by atoms with van der Waals surface area (Å²) < 4.78 is 17.2. The topological polar surface area (TPSA) is 88.5 Å². The molecule has 2 aromatic rings. The smallest absolute Gasteiger partial charge is 0.295 e. The highest BCUT2D eigenvalue weighted by Gasteiger charge is 2.46. The van der Waals surface area contributed by atoms with Crippen LogP contribution in [0, 0.1) is 0 Å². The van der Waals surface area contributed by atoms with Gasteiger partial charge >= 0.3 is 0 Å². The first-order valence-corrected chi connectivity index (χ1v) is 11.0. The van der Waals surface area contributed by atoms with Crippen molar-refractivity contribution >= 4 is 33.4 Å². The molecule has 1 fully saturated rings. The summed E-state index contributed by atoms with van der Waals surface area (Å²) in [6.45, 7) is 0.822. The monoisotopic (exact) mass is 518 g/mol. The molecule has 176 valence electrons. The molecule has 1 amide bonds. The minimum atomic E-state index is -0.831. The van der Waals surface area contributed by atoms with Gasteiger partial charge < -0.3 is 29.1 Å². The minimum Gasteiger partial charge on any atom is -0.507 e. The van der Waals surface area contributed by atoms with Gasteiger partial charge in [0.05, 0.1) is 32.9 Å². The first-order chi connectivity index (χ1) is 15.7. The Morgan fingerprint density at radius 2 is 1.61 bits per heavy atom. The lowest BCUT2D eigenvalue weighted by molar-refractivity contribution is -0.140. The lowest BCUT2D eigenvalue weighted by Crippen LogP contribution is -2.35. The first-order valence-electron chi connectivity index (χ1n) is 10.2. The van der Waals surface area contributed by atoms with Crippen LogP contribution in [0.15, 0.2) is 46.4 Å². The van der Waals surface area contributed by atoms with E-state index in [4.69, 9.17) is 14.2 Å². The maximum absolute atomic E-state index is 13.1. The summed E-state index contributed by atoms with van der Waals surface area (Å²) in [6.07, 6.45) is 0. The number of nitrogens with zero attached hydrogens (tertiary/aromatic N) is 2. The number of ketones is 1. The van der Waals surface area contributed by atoms with Crippen molar-refractivity contribution in [2.75, 3.05) is 48.5 Å². The van der Waals surface area contributed by atoms with Crippen molar-refractivity contribution in [2.45, 2.75) is 6.04 Å². The van der Waals surface area contributed by atoms with Gasteiger partial charge in [-0.1, -0.05) is 28.1 Å². The van der Waals surface area contributed by atoms with Crippen LogP contribution < -0.4 is 14.2 Å². The Balaban J connectivity index is 2.25. The highest BCUT2D eigenvalue weighted by atomic mass is 79.9. The van der Waals surface area contributed by atoms with Crippen molar-refractivity contribution in [1.29, 1.82) is 0 Å². The van der Waals surface area contributed by atoms with Crippen LogP contribution in [0.3, 0.4) is 0 Å². The molecule has 1 atom stereocenters. The average Bonchev–Trinajstić information content (AvgIpc) is 3.06. The number of likely N-dealkylation sites (N-methyl/N-ethyl adjacent to an activating group) is 1. The molecule has 1 N–H and O–H groups in total. The van der Waals surface area contributed by atoms with E-state index >= 15 is 0 Å². The van der Waals surface area contributed by atoms with Crippen LogP contribution in [-0.4, -0.2) is 75.1 Å². The predicted octanol–water partition coefficient (Wildman–Crippen LogP) is 3.46. The molecule has 1 heterocycles. The van der Waals surface area contributed by atoms with Gasteiger partial charge in [-0.05, 0) is 43.9 Å². The fourth-order valence-corrected chi connectivity index (χ4v) is 4.05. The predicted molar refractivity (Wildman–Crippen MR) is 128 cm³/mol. The van der Waals surface area contributed by atoms with E-state index in [1.165, 1.54) is 26.2 Å². The summed E-state index contributed by atoms with van der Waals surface area (Å²) >= 11 is 3.37. The molecule has 0 aliphatic carbocycles. The molecule has 33 heavy (non-hydrogen) atoms. The van der Waals surface area contributed by atoms with Crippen molar-refractivity contribution in [3.63, 3.8) is 0 Å². The zero-order chi connectivity index (χ0) is 24.3. The van der Waals surface area contributed by atoms with E-state index in [0.29, 0.717) is 34.9 Å². The number of rotatable bonds is 8. The van der Waals surface area contributed by atoms with E-state index in [0.717, 1.165) is 4.47 Å². The maximum Gasteiger partial charge on any atom is 0.295 e. The van der Waals surface area contributed by atoms with Gasteiger partial charge in [0.1, 0.15) is 5.76 Å². The van der Waals surface area contributed by atoms with Crippen LogP contribution in [0.5, 0.6) is 17.2 Å². The molecule has 0 aromatic heterocycles. The van der Waals surface area contributed by atoms with Crippen LogP contribution in [-0.2, 0) is 9.59 Å². The van der Waals surface area contributed by atoms with E-state index in [2.05, 4.69) is 15.9 Å². The second-order valence-electron chi connectivity index (χ2n) is 7.76. The second kappa shape index (κ2) is 10.3. The fraction of sp³-hybridized carbons (Fsp3) is 0.333. The van der Waals surface area contributed by atoms with E-state index < -0.39 is 17.7 Å². The SMILES string of the molecule is COc1cc(C2/C(=C(/O)c3ccc(Br)cc3)C(=O)C(=O)N2CCN(C)C)cc(OC)c1OC. The summed E-state index contributed by atoms with van der Waals surface area (Å²) in [7, 11) is 8.24. The Labute approximate surface area is 201 Å². The number of hydrogen-bond acceptors (Lipinski definition) is 7. The molecule has 3 rings (SSSR count). The number of aliphatic hydroxyl groups excluding tert-OH is 1. The highest BCUT2D eigenvalue weighted by Crippen LogP contribution is 2.45. The Bertz CT molecular complexity index is 1060. The summed E-state index contributed by atoms with van der Waals surface area (Å²) in [4.78, 5) is 29.6. The van der Waals surface area contributed by atoms with E-state index in [9.17, 15) is 14.7 Å². The quantitative estimate of drug-likeness (QED) is 0.325. The molecule has 1 aliphatic rings. The van der Waals surface area contributed by atoms with Gasteiger partial charge in [-0.25, -0.2) is 0 Å². The number of carbonyl (C=O) groups is 2. The number of amides is 1. The number of ether oxygens (including phenoxy) is 3. The molecule has 0 saturated carbocycles. The summed E-state index contributed by atoms with van der Waals surface area (Å²) in [5.74, 6) is -0.501. The average molecular weight is 519 g/mol. The fourth-order valence-electron chi connectivity index (χ4n) is 3.79. The molecular weight excluding hydrogens is 492 g/mol. The Morgan fingerprint density at radius 3 is 2.09 bits per heavy atom. The summed E-state index contributed by atoms with van der Waals surface area (Å²) in [5.41, 5.74) is 0.998. The Kier molecular flexibility index (Phi) is 7.65. The zero-order valence-corrected chi connectivity index (χ0v) is 20.8. The van der Waals surface area contributed by atoms with Crippen molar-refractivity contribution < 1.29 is 28.9 Å². The van der Waals surface area contributed by atoms with Gasteiger partial charge in [-0.15, -0.1) is 0 Å². The van der Waals surface area contributed by atoms with Crippen LogP contribution in [0.2, 0.25) is 0 Å². The van der Waals surface area contributed by atoms with Crippen LogP contribution in [0.1, 0.15) is 17.2 Å². The van der Waals surface area contributed by atoms with Crippen LogP contribution in [0.4, 0.5) is 0 Å². The number of halogens is 1. The number of aliphatic hydroxyl groups is 1. The third kappa shape index (κ3) is 4.84. The van der Waals surface area contributed by atoms with E-state index in [1.807, 2.05) is 19.0 Å². The van der Waals surface area contributed by atoms with Crippen LogP contribution >= 0.6 is 15.9 Å². The van der Waals surface area contributed by atoms with Gasteiger partial charge in [-0.2, -0.15) is 0 Å². The summed E-state index contributed by atoms with van der Waals surface area (Å²) in [6, 6.07) is 9.42. The lowest BCUT2D eigenvalue weighted by Gasteiger charge is -2.27. The minimum absolute atomic E-state index is 0.00958. The lowest BCUT2D eigenvalue weighted by atomic mass is 9.94. The molecule has 1 aliphatic heterocycles. The van der Waals surface area contributed by atoms with Crippen LogP contribution in [0.25, 0.3) is 5.76 Å². The van der Waals surface area contributed by atoms with Crippen molar-refractivity contribution in [1.82, 2.24) is 9.80 Å². The third-order valence-electron chi connectivity index (χ3n) is 5.45. The Hall–Kier alpha value is -3.04. The molecular formula is C24H27BrN2O6. The molecule has 0 radical (unpaired) electrons. The molecule has 2 aromatic carbocycles. The molecule has 1 unspecified atom stereocenters. The normalized spacial score (nSPS) is 17.5. The van der Waals surface area contributed by atoms with Crippen molar-refractivity contribution in [2.24, 2.45) is 0 Å². The first kappa shape index (κ1) is 24.6. The number of Topliss-reactive ketones (excluding diaryl/α,β-unsaturated/α-hetero) is 1. The van der Waals surface area contributed by atoms with Gasteiger partial charge in [0.2, 0.25) is 5.75 Å². The molecule has 8 nitrogen and oxygen atoms in total. The summed E-state index contributed by atoms with van der Waals surface area (Å²) in [5, 5.41) is 11.1. The number of methoxy groups -OCH3 is 3. The van der Waals surface area contributed by atoms with Gasteiger partial charge in [0.25, 0.3) is 11.7 Å². The molecule has 1 saturated heterocycles. The highest BCUT2D eigenvalue weighted by molar-refractivity contribution is 9.10. The van der Waals surface area contributed by atoms with Gasteiger partial charge in [0.15, 0.2) is 11.5 Å². The van der Waals surface area contributed by atoms with E-state index in [1.54, 1.807) is 36.4 Å². The molecule has 0 bridgehead atoms. The molecule has 0 spiro atoms. The zero-order valence-electron chi connectivity index (χ0n) is 19.2. The van der Waals surface area contributed by atoms with Crippen molar-refractivity contribution in [3.8, 4) is 17.2 Å².